The Morgan fingerprint density at radius 1 is 0.614 bits per heavy atom. The maximum atomic E-state index is 12.2. The number of ether oxygens (including phenoxy) is 3. The van der Waals surface area contributed by atoms with Crippen molar-refractivity contribution in [2.24, 2.45) is 0 Å². The molecule has 1 aromatic rings. The summed E-state index contributed by atoms with van der Waals surface area (Å²) in [5.74, 6) is -0.155. The SMILES string of the molecule is CCCCCCCCCC(Cl)CCCCCc1c(Cl)c(OC2OC(C)C(O)C(O)C2O)c(CCCCCC(Cl)CCCCCC)c(O)c1C1OCC(O)C(O)C1O. The van der Waals surface area contributed by atoms with Gasteiger partial charge in [-0.3, -0.25) is 0 Å². The summed E-state index contributed by atoms with van der Waals surface area (Å²) in [5, 5.41) is 76.4. The van der Waals surface area contributed by atoms with Crippen LogP contribution in [0.2, 0.25) is 5.02 Å². The highest BCUT2D eigenvalue weighted by Gasteiger charge is 2.45. The maximum absolute atomic E-state index is 12.2. The molecule has 11 unspecified atom stereocenters. The second-order valence-corrected chi connectivity index (χ2v) is 18.2. The number of hydrogen-bond donors (Lipinski definition) is 7. The van der Waals surface area contributed by atoms with Crippen LogP contribution in [0.5, 0.6) is 11.5 Å². The number of rotatable bonds is 28. The maximum Gasteiger partial charge on any atom is 0.229 e. The van der Waals surface area contributed by atoms with E-state index in [-0.39, 0.29) is 39.4 Å². The largest absolute Gasteiger partial charge is 0.507 e. The van der Waals surface area contributed by atoms with Crippen molar-refractivity contribution in [2.45, 2.75) is 234 Å². The van der Waals surface area contributed by atoms with E-state index in [4.69, 9.17) is 49.0 Å². The summed E-state index contributed by atoms with van der Waals surface area (Å²) in [6.45, 7) is 5.70. The monoisotopic (exact) mass is 868 g/mol. The summed E-state index contributed by atoms with van der Waals surface area (Å²) in [7, 11) is 0. The van der Waals surface area contributed by atoms with Crippen LogP contribution in [0.25, 0.3) is 0 Å². The minimum absolute atomic E-state index is 0.0697. The Bertz CT molecular complexity index is 1260. The molecule has 57 heavy (non-hydrogen) atoms. The Hall–Kier alpha value is -0.630. The number of aromatic hydroxyl groups is 1. The van der Waals surface area contributed by atoms with Gasteiger partial charge in [0, 0.05) is 21.9 Å². The number of aliphatic hydroxyl groups excluding tert-OH is 6. The zero-order valence-corrected chi connectivity index (χ0v) is 37.1. The first-order valence-electron chi connectivity index (χ1n) is 22.2. The molecule has 2 saturated heterocycles. The molecule has 0 aromatic heterocycles. The lowest BCUT2D eigenvalue weighted by molar-refractivity contribution is -0.268. The van der Waals surface area contributed by atoms with Crippen molar-refractivity contribution in [3.63, 3.8) is 0 Å². The molecule has 2 heterocycles. The van der Waals surface area contributed by atoms with Crippen molar-refractivity contribution in [2.75, 3.05) is 6.61 Å². The lowest BCUT2D eigenvalue weighted by Crippen LogP contribution is -2.58. The Labute approximate surface area is 357 Å². The molecule has 0 amide bonds. The molecule has 3 rings (SSSR count). The molecule has 0 spiro atoms. The minimum Gasteiger partial charge on any atom is -0.507 e. The number of phenolic OH excluding ortho intramolecular Hbond substituents is 1. The van der Waals surface area contributed by atoms with E-state index in [2.05, 4.69) is 13.8 Å². The van der Waals surface area contributed by atoms with Crippen molar-refractivity contribution < 1.29 is 50.0 Å². The molecule has 13 heteroatoms. The van der Waals surface area contributed by atoms with Gasteiger partial charge < -0.3 is 50.0 Å². The molecule has 0 bridgehead atoms. The summed E-state index contributed by atoms with van der Waals surface area (Å²) >= 11 is 20.6. The van der Waals surface area contributed by atoms with Crippen LogP contribution in [0.1, 0.15) is 178 Å². The minimum atomic E-state index is -1.62. The van der Waals surface area contributed by atoms with E-state index in [1.54, 1.807) is 6.92 Å². The first kappa shape index (κ1) is 50.7. The van der Waals surface area contributed by atoms with Gasteiger partial charge in [0.25, 0.3) is 0 Å². The quantitative estimate of drug-likeness (QED) is 0.0319. The van der Waals surface area contributed by atoms with Crippen LogP contribution in [0.3, 0.4) is 0 Å². The molecule has 0 aliphatic carbocycles. The third kappa shape index (κ3) is 16.0. The number of unbranched alkanes of at least 4 members (excludes halogenated alkanes) is 13. The summed E-state index contributed by atoms with van der Waals surface area (Å²) in [6, 6.07) is 0. The highest BCUT2D eigenvalue weighted by atomic mass is 35.5. The number of phenols is 1. The Morgan fingerprint density at radius 2 is 1.09 bits per heavy atom. The van der Waals surface area contributed by atoms with Crippen LogP contribution in [0.4, 0.5) is 0 Å². The topological polar surface area (TPSA) is 169 Å². The molecular formula is C44H75Cl3O10. The average Bonchev–Trinajstić information content (AvgIpc) is 3.19. The molecule has 7 N–H and O–H groups in total. The van der Waals surface area contributed by atoms with Crippen LogP contribution < -0.4 is 4.74 Å². The van der Waals surface area contributed by atoms with E-state index < -0.39 is 55.1 Å². The van der Waals surface area contributed by atoms with Gasteiger partial charge in [0.05, 0.1) is 17.7 Å². The molecule has 2 aliphatic rings. The van der Waals surface area contributed by atoms with E-state index in [0.29, 0.717) is 36.8 Å². The van der Waals surface area contributed by atoms with E-state index in [0.717, 1.165) is 64.2 Å². The zero-order chi connectivity index (χ0) is 41.9. The van der Waals surface area contributed by atoms with E-state index >= 15 is 0 Å². The molecule has 0 saturated carbocycles. The molecular weight excluding hydrogens is 795 g/mol. The number of hydrogen-bond acceptors (Lipinski definition) is 10. The van der Waals surface area contributed by atoms with Crippen LogP contribution >= 0.6 is 34.8 Å². The second-order valence-electron chi connectivity index (χ2n) is 16.6. The van der Waals surface area contributed by atoms with Gasteiger partial charge in [-0.15, -0.1) is 23.2 Å². The van der Waals surface area contributed by atoms with Crippen LogP contribution in [0, 0.1) is 0 Å². The van der Waals surface area contributed by atoms with E-state index in [1.807, 2.05) is 0 Å². The number of aliphatic hydroxyl groups is 6. The lowest BCUT2D eigenvalue weighted by atomic mass is 9.86. The average molecular weight is 870 g/mol. The molecule has 332 valence electrons. The lowest BCUT2D eigenvalue weighted by Gasteiger charge is -2.40. The van der Waals surface area contributed by atoms with Gasteiger partial charge in [0.2, 0.25) is 6.29 Å². The third-order valence-electron chi connectivity index (χ3n) is 11.8. The fourth-order valence-corrected chi connectivity index (χ4v) is 9.06. The molecule has 0 radical (unpaired) electrons. The van der Waals surface area contributed by atoms with Crippen LogP contribution in [0.15, 0.2) is 0 Å². The van der Waals surface area contributed by atoms with Crippen molar-refractivity contribution in [1.29, 1.82) is 0 Å². The fraction of sp³-hybridized carbons (Fsp3) is 0.864. The third-order valence-corrected chi connectivity index (χ3v) is 13.1. The summed E-state index contributed by atoms with van der Waals surface area (Å²) < 4.78 is 18.0. The van der Waals surface area contributed by atoms with Gasteiger partial charge in [0.1, 0.15) is 54.2 Å². The first-order valence-corrected chi connectivity index (χ1v) is 23.4. The highest BCUT2D eigenvalue weighted by molar-refractivity contribution is 6.33. The van der Waals surface area contributed by atoms with Gasteiger partial charge in [-0.25, -0.2) is 0 Å². The summed E-state index contributed by atoms with van der Waals surface area (Å²) in [6.07, 6.45) is 9.99. The predicted molar refractivity (Wildman–Crippen MR) is 228 cm³/mol. The van der Waals surface area contributed by atoms with Crippen molar-refractivity contribution in [3.8, 4) is 11.5 Å². The van der Waals surface area contributed by atoms with Gasteiger partial charge in [0.15, 0.2) is 0 Å². The number of benzene rings is 1. The summed E-state index contributed by atoms with van der Waals surface area (Å²) in [5.41, 5.74) is 0.964. The van der Waals surface area contributed by atoms with E-state index in [1.165, 1.54) is 57.8 Å². The molecule has 2 fully saturated rings. The van der Waals surface area contributed by atoms with Gasteiger partial charge >= 0.3 is 0 Å². The zero-order valence-electron chi connectivity index (χ0n) is 34.8. The highest BCUT2D eigenvalue weighted by Crippen LogP contribution is 2.49. The van der Waals surface area contributed by atoms with Crippen molar-refractivity contribution in [3.05, 3.63) is 21.7 Å². The first-order chi connectivity index (χ1) is 27.3. The second kappa shape index (κ2) is 27.3. The summed E-state index contributed by atoms with van der Waals surface area (Å²) in [4.78, 5) is 0. The number of halogens is 3. The van der Waals surface area contributed by atoms with Crippen LogP contribution in [-0.2, 0) is 22.3 Å². The standard InChI is InChI=1S/C44H75Cl3O10/c1-4-6-8-10-11-12-16-22-30(46)23-17-13-19-25-31-34(43-40(53)38(51)33(48)27-55-43)37(50)32(26-20-14-18-24-29(45)21-15-9-7-5-2)42(35(31)47)57-44-41(54)39(52)36(49)28(3)56-44/h28-30,33,36,38-41,43-44,48-54H,4-27H2,1-3H3. The van der Waals surface area contributed by atoms with Gasteiger partial charge in [-0.05, 0) is 63.9 Å². The molecule has 2 aliphatic heterocycles. The molecule has 10 nitrogen and oxygen atoms in total. The van der Waals surface area contributed by atoms with E-state index in [9.17, 15) is 35.7 Å². The van der Waals surface area contributed by atoms with Gasteiger partial charge in [-0.2, -0.15) is 0 Å². The molecule has 11 atom stereocenters. The Morgan fingerprint density at radius 3 is 1.63 bits per heavy atom. The van der Waals surface area contributed by atoms with Crippen molar-refractivity contribution >= 4 is 34.8 Å². The van der Waals surface area contributed by atoms with Crippen LogP contribution in [-0.4, -0.2) is 102 Å². The van der Waals surface area contributed by atoms with Gasteiger partial charge in [-0.1, -0.05) is 122 Å². The normalized spacial score (nSPS) is 27.8. The molecule has 1 aromatic carbocycles. The Kier molecular flexibility index (Phi) is 24.3. The number of alkyl halides is 2. The Balaban J connectivity index is 1.83. The smallest absolute Gasteiger partial charge is 0.229 e. The van der Waals surface area contributed by atoms with Crippen molar-refractivity contribution in [1.82, 2.24) is 0 Å². The fourth-order valence-electron chi connectivity index (χ4n) is 8.09. The predicted octanol–water partition coefficient (Wildman–Crippen LogP) is 8.94.